The molecule has 3 heterocycles. The molecule has 2 aliphatic heterocycles. The van der Waals surface area contributed by atoms with Gasteiger partial charge in [0, 0.05) is 37.8 Å². The van der Waals surface area contributed by atoms with Gasteiger partial charge < -0.3 is 10.2 Å². The average Bonchev–Trinajstić information content (AvgIpc) is 3.00. The monoisotopic (exact) mass is 430 g/mol. The van der Waals surface area contributed by atoms with Crippen LogP contribution in [0.2, 0.25) is 0 Å². The fourth-order valence-electron chi connectivity index (χ4n) is 4.99. The van der Waals surface area contributed by atoms with Crippen molar-refractivity contribution in [1.29, 1.82) is 0 Å². The van der Waals surface area contributed by atoms with Gasteiger partial charge in [0.05, 0.1) is 16.3 Å². The number of carbonyl (C=O) groups excluding carboxylic acids is 1. The number of aromatic nitrogens is 2. The van der Waals surface area contributed by atoms with Gasteiger partial charge in [-0.3, -0.25) is 9.48 Å². The first-order valence-electron chi connectivity index (χ1n) is 10.6. The molecule has 2 aromatic rings. The minimum atomic E-state index is -3.49. The highest BCUT2D eigenvalue weighted by atomic mass is 32.2. The number of aryl methyl sites for hydroxylation is 1. The highest BCUT2D eigenvalue weighted by molar-refractivity contribution is 7.90. The molecule has 0 unspecified atom stereocenters. The van der Waals surface area contributed by atoms with E-state index in [0.717, 1.165) is 26.1 Å². The zero-order valence-corrected chi connectivity index (χ0v) is 18.7. The van der Waals surface area contributed by atoms with Crippen LogP contribution in [0.3, 0.4) is 0 Å². The lowest BCUT2D eigenvalue weighted by atomic mass is 9.92. The van der Waals surface area contributed by atoms with Crippen LogP contribution in [0.25, 0.3) is 11.3 Å². The van der Waals surface area contributed by atoms with Crippen LogP contribution in [0, 0.1) is 11.8 Å². The third-order valence-corrected chi connectivity index (χ3v) is 7.75. The molecule has 0 aliphatic carbocycles. The largest absolute Gasteiger partial charge is 0.351 e. The van der Waals surface area contributed by atoms with Crippen molar-refractivity contribution in [3.63, 3.8) is 0 Å². The number of nitrogens with zero attached hydrogens (tertiary/aromatic N) is 3. The van der Waals surface area contributed by atoms with Gasteiger partial charge in [0.15, 0.2) is 15.5 Å². The molecule has 2 aliphatic rings. The number of amides is 1. The van der Waals surface area contributed by atoms with Crippen molar-refractivity contribution in [2.45, 2.75) is 37.3 Å². The molecule has 0 bridgehead atoms. The maximum Gasteiger partial charge on any atom is 0.272 e. The fourth-order valence-corrected chi connectivity index (χ4v) is 6.58. The Hall–Kier alpha value is -2.19. The lowest BCUT2D eigenvalue weighted by molar-refractivity contribution is 0.0941. The highest BCUT2D eigenvalue weighted by Crippen LogP contribution is 2.38. The molecule has 0 saturated carbocycles. The van der Waals surface area contributed by atoms with E-state index in [0.29, 0.717) is 40.1 Å². The van der Waals surface area contributed by atoms with Gasteiger partial charge in [-0.1, -0.05) is 32.0 Å². The van der Waals surface area contributed by atoms with Crippen molar-refractivity contribution in [3.05, 3.63) is 35.5 Å². The van der Waals surface area contributed by atoms with E-state index < -0.39 is 9.84 Å². The van der Waals surface area contributed by atoms with Crippen LogP contribution in [0.5, 0.6) is 0 Å². The number of hydrogen-bond acceptors (Lipinski definition) is 5. The molecule has 2 atom stereocenters. The van der Waals surface area contributed by atoms with E-state index in [9.17, 15) is 13.2 Å². The summed E-state index contributed by atoms with van der Waals surface area (Å²) in [5, 5.41) is 7.31. The van der Waals surface area contributed by atoms with Crippen LogP contribution in [-0.4, -0.2) is 55.2 Å². The second-order valence-electron chi connectivity index (χ2n) is 8.87. The summed E-state index contributed by atoms with van der Waals surface area (Å²) >= 11 is 0. The Morgan fingerprint density at radius 1 is 1.20 bits per heavy atom. The van der Waals surface area contributed by atoms with Crippen molar-refractivity contribution in [1.82, 2.24) is 20.0 Å². The molecular weight excluding hydrogens is 400 g/mol. The van der Waals surface area contributed by atoms with Crippen molar-refractivity contribution in [3.8, 4) is 11.3 Å². The van der Waals surface area contributed by atoms with E-state index in [1.165, 1.54) is 6.42 Å². The van der Waals surface area contributed by atoms with Crippen LogP contribution in [0.4, 0.5) is 0 Å². The predicted molar refractivity (Wildman–Crippen MR) is 116 cm³/mol. The standard InChI is InChI=1S/C22H30N4O3S/c1-15-11-16(2)13-26(12-15)10-6-9-23-22(27)20-18-14-30(28,29)19-8-5-4-7-17(19)21(18)25(3)24-20/h4-5,7-8,15-16H,6,9-14H2,1-3H3,(H,23,27)/t15-,16+. The van der Waals surface area contributed by atoms with E-state index in [1.807, 2.05) is 0 Å². The molecule has 1 aromatic carbocycles. The first-order chi connectivity index (χ1) is 14.3. The fraction of sp³-hybridized carbons (Fsp3) is 0.545. The van der Waals surface area contributed by atoms with Crippen molar-refractivity contribution in [2.24, 2.45) is 18.9 Å². The molecule has 162 valence electrons. The van der Waals surface area contributed by atoms with Gasteiger partial charge in [-0.2, -0.15) is 5.10 Å². The summed E-state index contributed by atoms with van der Waals surface area (Å²) in [6, 6.07) is 6.91. The minimum Gasteiger partial charge on any atom is -0.351 e. The number of likely N-dealkylation sites (tertiary alicyclic amines) is 1. The maximum absolute atomic E-state index is 12.8. The summed E-state index contributed by atoms with van der Waals surface area (Å²) in [7, 11) is -1.74. The van der Waals surface area contributed by atoms with E-state index in [4.69, 9.17) is 0 Å². The van der Waals surface area contributed by atoms with Gasteiger partial charge >= 0.3 is 0 Å². The Morgan fingerprint density at radius 2 is 1.90 bits per heavy atom. The first kappa shape index (κ1) is 21.1. The number of benzene rings is 1. The molecule has 0 spiro atoms. The molecule has 1 fully saturated rings. The summed E-state index contributed by atoms with van der Waals surface area (Å²) in [6.45, 7) is 8.32. The van der Waals surface area contributed by atoms with Gasteiger partial charge in [-0.15, -0.1) is 0 Å². The Kier molecular flexibility index (Phi) is 5.72. The topological polar surface area (TPSA) is 84.3 Å². The van der Waals surface area contributed by atoms with Crippen molar-refractivity contribution >= 4 is 15.7 Å². The SMILES string of the molecule is C[C@@H]1C[C@H](C)CN(CCCNC(=O)c2nn(C)c3c2CS(=O)(=O)c2ccccc2-3)C1. The molecule has 1 amide bonds. The van der Waals surface area contributed by atoms with Crippen LogP contribution in [0.15, 0.2) is 29.2 Å². The molecule has 1 N–H and O–H groups in total. The third kappa shape index (κ3) is 4.03. The molecule has 0 radical (unpaired) electrons. The molecule has 1 saturated heterocycles. The second kappa shape index (κ2) is 8.15. The van der Waals surface area contributed by atoms with E-state index in [1.54, 1.807) is 36.0 Å². The van der Waals surface area contributed by atoms with Crippen LogP contribution < -0.4 is 5.32 Å². The predicted octanol–water partition coefficient (Wildman–Crippen LogP) is 2.47. The molecule has 1 aromatic heterocycles. The normalized spacial score (nSPS) is 22.9. The minimum absolute atomic E-state index is 0.195. The van der Waals surface area contributed by atoms with E-state index in [2.05, 4.69) is 29.2 Å². The van der Waals surface area contributed by atoms with Gasteiger partial charge in [0.1, 0.15) is 0 Å². The molecule has 7 nitrogen and oxygen atoms in total. The van der Waals surface area contributed by atoms with Crippen LogP contribution in [0.1, 0.15) is 42.7 Å². The summed E-state index contributed by atoms with van der Waals surface area (Å²) in [5.41, 5.74) is 2.03. The smallest absolute Gasteiger partial charge is 0.272 e. The lowest BCUT2D eigenvalue weighted by Gasteiger charge is -2.34. The molecule has 30 heavy (non-hydrogen) atoms. The molecular formula is C22H30N4O3S. The number of carbonyl (C=O) groups is 1. The quantitative estimate of drug-likeness (QED) is 0.737. The molecule has 8 heteroatoms. The van der Waals surface area contributed by atoms with Crippen molar-refractivity contribution < 1.29 is 13.2 Å². The van der Waals surface area contributed by atoms with Crippen molar-refractivity contribution in [2.75, 3.05) is 26.2 Å². The van der Waals surface area contributed by atoms with Gasteiger partial charge in [0.25, 0.3) is 5.91 Å². The Morgan fingerprint density at radius 3 is 2.63 bits per heavy atom. The van der Waals surface area contributed by atoms with Gasteiger partial charge in [0.2, 0.25) is 0 Å². The number of fused-ring (bicyclic) bond motifs is 3. The molecule has 4 rings (SSSR count). The number of piperidine rings is 1. The number of rotatable bonds is 5. The second-order valence-corrected chi connectivity index (χ2v) is 10.8. The number of nitrogens with one attached hydrogen (secondary N) is 1. The average molecular weight is 431 g/mol. The van der Waals surface area contributed by atoms with E-state index in [-0.39, 0.29) is 17.4 Å². The van der Waals surface area contributed by atoms with E-state index >= 15 is 0 Å². The highest BCUT2D eigenvalue weighted by Gasteiger charge is 2.34. The summed E-state index contributed by atoms with van der Waals surface area (Å²) in [4.78, 5) is 15.6. The number of sulfone groups is 1. The zero-order valence-electron chi connectivity index (χ0n) is 17.9. The zero-order chi connectivity index (χ0) is 21.5. The lowest BCUT2D eigenvalue weighted by Crippen LogP contribution is -2.40. The van der Waals surface area contributed by atoms with Gasteiger partial charge in [-0.05, 0) is 37.3 Å². The van der Waals surface area contributed by atoms with Crippen LogP contribution >= 0.6 is 0 Å². The summed E-state index contributed by atoms with van der Waals surface area (Å²) in [5.74, 6) is 0.933. The third-order valence-electron chi connectivity index (χ3n) is 6.05. The summed E-state index contributed by atoms with van der Waals surface area (Å²) < 4.78 is 27.1. The van der Waals surface area contributed by atoms with Crippen LogP contribution in [-0.2, 0) is 22.6 Å². The summed E-state index contributed by atoms with van der Waals surface area (Å²) in [6.07, 6.45) is 2.14. The van der Waals surface area contributed by atoms with Gasteiger partial charge in [-0.25, -0.2) is 8.42 Å². The maximum atomic E-state index is 12.8. The Balaban J connectivity index is 1.44. The number of hydrogen-bond donors (Lipinski definition) is 1. The Labute approximate surface area is 178 Å². The first-order valence-corrected chi connectivity index (χ1v) is 12.3. The Bertz CT molecular complexity index is 1050.